The number of ether oxygens (including phenoxy) is 1. The molecule has 0 aromatic carbocycles. The van der Waals surface area contributed by atoms with Crippen molar-refractivity contribution in [2.45, 2.75) is 38.8 Å². The molecule has 3 heteroatoms. The topological polar surface area (TPSA) is 24.5 Å². The van der Waals surface area contributed by atoms with Crippen molar-refractivity contribution in [3.63, 3.8) is 0 Å². The van der Waals surface area contributed by atoms with Crippen LogP contribution in [0.25, 0.3) is 0 Å². The van der Waals surface area contributed by atoms with Crippen LogP contribution in [0.1, 0.15) is 26.7 Å². The fourth-order valence-corrected chi connectivity index (χ4v) is 4.05. The molecule has 3 fully saturated rings. The highest BCUT2D eigenvalue weighted by Gasteiger charge is 2.43. The van der Waals surface area contributed by atoms with Crippen LogP contribution in [0.2, 0.25) is 0 Å². The zero-order valence-corrected chi connectivity index (χ0v) is 11.3. The third-order valence-electron chi connectivity index (χ3n) is 5.09. The van der Waals surface area contributed by atoms with Crippen LogP contribution in [0.4, 0.5) is 0 Å². The molecule has 2 bridgehead atoms. The summed E-state index contributed by atoms with van der Waals surface area (Å²) in [6.07, 6.45) is 7.38. The standard InChI is InChI=1S/C15H22N2O/c1-15(2)9-18-14-8-17(4-3-11(14)15)13-6-10-5-12(13)16-7-10/h3,8,10,12-13,16H,4-7,9H2,1-2H3. The second kappa shape index (κ2) is 3.53. The van der Waals surface area contributed by atoms with Gasteiger partial charge in [-0.15, -0.1) is 0 Å². The zero-order chi connectivity index (χ0) is 12.3. The first-order valence-corrected chi connectivity index (χ1v) is 7.18. The Morgan fingerprint density at radius 1 is 1.39 bits per heavy atom. The van der Waals surface area contributed by atoms with E-state index in [2.05, 4.69) is 36.3 Å². The maximum Gasteiger partial charge on any atom is 0.138 e. The Hall–Kier alpha value is -0.960. The summed E-state index contributed by atoms with van der Waals surface area (Å²) in [6, 6.07) is 1.39. The van der Waals surface area contributed by atoms with Crippen molar-refractivity contribution in [2.75, 3.05) is 19.7 Å². The fraction of sp³-hybridized carbons (Fsp3) is 0.733. The van der Waals surface area contributed by atoms with E-state index in [0.29, 0.717) is 12.1 Å². The van der Waals surface area contributed by atoms with E-state index in [-0.39, 0.29) is 5.41 Å². The van der Waals surface area contributed by atoms with Crippen LogP contribution < -0.4 is 5.32 Å². The summed E-state index contributed by atoms with van der Waals surface area (Å²) >= 11 is 0. The number of nitrogens with zero attached hydrogens (tertiary/aromatic N) is 1. The van der Waals surface area contributed by atoms with E-state index in [4.69, 9.17) is 4.74 Å². The predicted octanol–water partition coefficient (Wildman–Crippen LogP) is 1.88. The zero-order valence-electron chi connectivity index (χ0n) is 11.3. The minimum absolute atomic E-state index is 0.199. The van der Waals surface area contributed by atoms with E-state index in [1.54, 1.807) is 0 Å². The summed E-state index contributed by atoms with van der Waals surface area (Å²) in [5, 5.41) is 3.65. The lowest BCUT2D eigenvalue weighted by atomic mass is 9.85. The molecule has 1 N–H and O–H groups in total. The van der Waals surface area contributed by atoms with Gasteiger partial charge in [0.2, 0.25) is 0 Å². The summed E-state index contributed by atoms with van der Waals surface area (Å²) in [5.74, 6) is 2.03. The van der Waals surface area contributed by atoms with Gasteiger partial charge < -0.3 is 15.0 Å². The predicted molar refractivity (Wildman–Crippen MR) is 70.9 cm³/mol. The van der Waals surface area contributed by atoms with Gasteiger partial charge in [-0.05, 0) is 25.3 Å². The molecule has 0 spiro atoms. The Bertz CT molecular complexity index is 438. The number of rotatable bonds is 1. The Morgan fingerprint density at radius 3 is 3.00 bits per heavy atom. The van der Waals surface area contributed by atoms with Gasteiger partial charge >= 0.3 is 0 Å². The molecule has 18 heavy (non-hydrogen) atoms. The van der Waals surface area contributed by atoms with Gasteiger partial charge in [0.25, 0.3) is 0 Å². The number of nitrogens with one attached hydrogen (secondary N) is 1. The van der Waals surface area contributed by atoms with Gasteiger partial charge in [0.15, 0.2) is 0 Å². The van der Waals surface area contributed by atoms with E-state index in [1.807, 2.05) is 0 Å². The first kappa shape index (κ1) is 10.9. The highest BCUT2D eigenvalue weighted by molar-refractivity contribution is 5.38. The van der Waals surface area contributed by atoms with Crippen LogP contribution in [-0.4, -0.2) is 36.7 Å². The SMILES string of the molecule is CC1(C)COC2=CN(C3CC4CNC3C4)CC=C21. The molecule has 1 aliphatic carbocycles. The lowest BCUT2D eigenvalue weighted by molar-refractivity contribution is 0.192. The third-order valence-corrected chi connectivity index (χ3v) is 5.09. The molecule has 1 saturated carbocycles. The van der Waals surface area contributed by atoms with E-state index in [1.165, 1.54) is 25.0 Å². The molecule has 0 amide bonds. The van der Waals surface area contributed by atoms with Gasteiger partial charge in [-0.1, -0.05) is 19.9 Å². The lowest BCUT2D eigenvalue weighted by Crippen LogP contribution is -2.46. The highest BCUT2D eigenvalue weighted by atomic mass is 16.5. The molecule has 3 unspecified atom stereocenters. The van der Waals surface area contributed by atoms with Crippen molar-refractivity contribution in [1.82, 2.24) is 10.2 Å². The van der Waals surface area contributed by atoms with Crippen molar-refractivity contribution >= 4 is 0 Å². The highest BCUT2D eigenvalue weighted by Crippen LogP contribution is 2.43. The maximum absolute atomic E-state index is 5.87. The average Bonchev–Trinajstić information content (AvgIpc) is 3.04. The van der Waals surface area contributed by atoms with Crippen molar-refractivity contribution < 1.29 is 4.74 Å². The number of fused-ring (bicyclic) bond motifs is 3. The van der Waals surface area contributed by atoms with Gasteiger partial charge in [-0.3, -0.25) is 0 Å². The van der Waals surface area contributed by atoms with Crippen LogP contribution in [-0.2, 0) is 4.74 Å². The Kier molecular flexibility index (Phi) is 2.14. The summed E-state index contributed by atoms with van der Waals surface area (Å²) in [4.78, 5) is 2.50. The molecular formula is C15H22N2O. The Morgan fingerprint density at radius 2 is 2.28 bits per heavy atom. The van der Waals surface area contributed by atoms with Gasteiger partial charge in [0, 0.05) is 35.8 Å². The van der Waals surface area contributed by atoms with Crippen LogP contribution in [0, 0.1) is 11.3 Å². The van der Waals surface area contributed by atoms with Crippen molar-refractivity contribution in [3.8, 4) is 0 Å². The first-order valence-electron chi connectivity index (χ1n) is 7.18. The number of hydrogen-bond donors (Lipinski definition) is 1. The summed E-state index contributed by atoms with van der Waals surface area (Å²) in [5.41, 5.74) is 1.61. The molecule has 3 atom stereocenters. The molecule has 4 aliphatic rings. The van der Waals surface area contributed by atoms with E-state index in [9.17, 15) is 0 Å². The minimum Gasteiger partial charge on any atom is -0.491 e. The smallest absolute Gasteiger partial charge is 0.138 e. The largest absolute Gasteiger partial charge is 0.491 e. The van der Waals surface area contributed by atoms with Crippen molar-refractivity contribution in [2.24, 2.45) is 11.3 Å². The van der Waals surface area contributed by atoms with E-state index in [0.717, 1.165) is 24.8 Å². The second-order valence-corrected chi connectivity index (χ2v) is 6.90. The van der Waals surface area contributed by atoms with Crippen LogP contribution in [0.5, 0.6) is 0 Å². The van der Waals surface area contributed by atoms with Gasteiger partial charge in [0.05, 0.1) is 6.61 Å². The molecule has 0 radical (unpaired) electrons. The number of piperidine rings is 1. The molecule has 0 aromatic rings. The van der Waals surface area contributed by atoms with Crippen LogP contribution in [0.15, 0.2) is 23.6 Å². The number of hydrogen-bond acceptors (Lipinski definition) is 3. The van der Waals surface area contributed by atoms with Crippen LogP contribution in [0.3, 0.4) is 0 Å². The van der Waals surface area contributed by atoms with Gasteiger partial charge in [-0.2, -0.15) is 0 Å². The van der Waals surface area contributed by atoms with Crippen LogP contribution >= 0.6 is 0 Å². The minimum atomic E-state index is 0.199. The van der Waals surface area contributed by atoms with Gasteiger partial charge in [-0.25, -0.2) is 0 Å². The lowest BCUT2D eigenvalue weighted by Gasteiger charge is -2.36. The Labute approximate surface area is 109 Å². The second-order valence-electron chi connectivity index (χ2n) is 6.90. The summed E-state index contributed by atoms with van der Waals surface area (Å²) in [6.45, 7) is 7.66. The van der Waals surface area contributed by atoms with E-state index >= 15 is 0 Å². The molecular weight excluding hydrogens is 224 g/mol. The molecule has 3 nitrogen and oxygen atoms in total. The van der Waals surface area contributed by atoms with Crippen molar-refractivity contribution in [3.05, 3.63) is 23.6 Å². The maximum atomic E-state index is 5.87. The molecule has 4 rings (SSSR count). The summed E-state index contributed by atoms with van der Waals surface area (Å²) in [7, 11) is 0. The number of allylic oxidation sites excluding steroid dienone is 1. The molecule has 3 heterocycles. The van der Waals surface area contributed by atoms with Gasteiger partial charge in [0.1, 0.15) is 5.76 Å². The normalized spacial score (nSPS) is 40.3. The average molecular weight is 246 g/mol. The Balaban J connectivity index is 1.56. The fourth-order valence-electron chi connectivity index (χ4n) is 4.05. The summed E-state index contributed by atoms with van der Waals surface area (Å²) < 4.78 is 5.87. The molecule has 0 aromatic heterocycles. The molecule has 3 aliphatic heterocycles. The molecule has 2 saturated heterocycles. The van der Waals surface area contributed by atoms with Crippen molar-refractivity contribution in [1.29, 1.82) is 0 Å². The molecule has 98 valence electrons. The van der Waals surface area contributed by atoms with E-state index < -0.39 is 0 Å². The third kappa shape index (κ3) is 1.46. The monoisotopic (exact) mass is 246 g/mol. The quantitative estimate of drug-likeness (QED) is 0.764. The first-order chi connectivity index (χ1) is 8.63.